The molecule has 0 saturated heterocycles. The van der Waals surface area contributed by atoms with Crippen molar-refractivity contribution in [3.63, 3.8) is 0 Å². The molecule has 0 saturated carbocycles. The molecule has 0 amide bonds. The van der Waals surface area contributed by atoms with Crippen molar-refractivity contribution in [3.8, 4) is 5.75 Å². The average Bonchev–Trinajstić information content (AvgIpc) is 2.35. The molecule has 0 aliphatic carbocycles. The molecule has 0 radical (unpaired) electrons. The van der Waals surface area contributed by atoms with E-state index in [9.17, 15) is 8.42 Å². The number of rotatable bonds is 6. The highest BCUT2D eigenvalue weighted by Gasteiger charge is 2.16. The average molecular weight is 274 g/mol. The minimum Gasteiger partial charge on any atom is -0.495 e. The molecule has 4 N–H and O–H groups in total. The lowest BCUT2D eigenvalue weighted by Gasteiger charge is -2.11. The summed E-state index contributed by atoms with van der Waals surface area (Å²) in [6.07, 6.45) is 0. The molecule has 1 atom stereocenters. The van der Waals surface area contributed by atoms with Gasteiger partial charge in [0.15, 0.2) is 0 Å². The van der Waals surface area contributed by atoms with Gasteiger partial charge < -0.3 is 15.6 Å². The van der Waals surface area contributed by atoms with Gasteiger partial charge in [-0.1, -0.05) is 6.92 Å². The van der Waals surface area contributed by atoms with Gasteiger partial charge in [-0.2, -0.15) is 0 Å². The molecule has 1 aromatic carbocycles. The predicted octanol–water partition coefficient (Wildman–Crippen LogP) is 0.184. The lowest BCUT2D eigenvalue weighted by Crippen LogP contribution is -2.29. The Kier molecular flexibility index (Phi) is 4.94. The number of nitrogen functional groups attached to an aromatic ring is 1. The number of hydrogen-bond acceptors (Lipinski definition) is 5. The van der Waals surface area contributed by atoms with Crippen LogP contribution in [0.2, 0.25) is 0 Å². The highest BCUT2D eigenvalue weighted by atomic mass is 32.2. The zero-order valence-corrected chi connectivity index (χ0v) is 11.2. The van der Waals surface area contributed by atoms with Crippen molar-refractivity contribution in [1.29, 1.82) is 0 Å². The topological polar surface area (TPSA) is 102 Å². The van der Waals surface area contributed by atoms with Crippen LogP contribution in [0.5, 0.6) is 5.75 Å². The first-order chi connectivity index (χ1) is 8.40. The Balaban J connectivity index is 2.88. The summed E-state index contributed by atoms with van der Waals surface area (Å²) in [6.45, 7) is 1.84. The molecule has 0 heterocycles. The van der Waals surface area contributed by atoms with Crippen LogP contribution in [0.1, 0.15) is 6.92 Å². The van der Waals surface area contributed by atoms with Crippen LogP contribution in [0, 0.1) is 5.92 Å². The van der Waals surface area contributed by atoms with Crippen LogP contribution in [0.25, 0.3) is 0 Å². The monoisotopic (exact) mass is 274 g/mol. The van der Waals surface area contributed by atoms with Crippen LogP contribution >= 0.6 is 0 Å². The Labute approximate surface area is 107 Å². The molecule has 0 aliphatic rings. The third-order valence-corrected chi connectivity index (χ3v) is 3.87. The van der Waals surface area contributed by atoms with Crippen molar-refractivity contribution >= 4 is 15.7 Å². The number of aliphatic hydroxyl groups excluding tert-OH is 1. The first-order valence-electron chi connectivity index (χ1n) is 5.44. The lowest BCUT2D eigenvalue weighted by molar-refractivity contribution is 0.238. The molecule has 102 valence electrons. The van der Waals surface area contributed by atoms with Crippen molar-refractivity contribution in [2.75, 3.05) is 26.0 Å². The second-order valence-corrected chi connectivity index (χ2v) is 5.81. The first-order valence-corrected chi connectivity index (χ1v) is 6.93. The van der Waals surface area contributed by atoms with Crippen molar-refractivity contribution < 1.29 is 18.3 Å². The Morgan fingerprint density at radius 3 is 2.67 bits per heavy atom. The number of sulfonamides is 1. The molecule has 7 heteroatoms. The van der Waals surface area contributed by atoms with Crippen LogP contribution in [-0.2, 0) is 10.0 Å². The highest BCUT2D eigenvalue weighted by Crippen LogP contribution is 2.24. The van der Waals surface area contributed by atoms with Crippen molar-refractivity contribution in [2.45, 2.75) is 11.8 Å². The smallest absolute Gasteiger partial charge is 0.240 e. The maximum absolute atomic E-state index is 11.9. The molecule has 0 bridgehead atoms. The zero-order valence-electron chi connectivity index (χ0n) is 10.4. The Hall–Kier alpha value is -1.31. The van der Waals surface area contributed by atoms with Gasteiger partial charge in [-0.05, 0) is 24.1 Å². The zero-order chi connectivity index (χ0) is 13.8. The molecule has 1 aromatic rings. The number of aliphatic hydroxyl groups is 1. The van der Waals surface area contributed by atoms with E-state index in [1.807, 2.05) is 0 Å². The van der Waals surface area contributed by atoms with Gasteiger partial charge in [0.05, 0.1) is 17.7 Å². The van der Waals surface area contributed by atoms with Gasteiger partial charge >= 0.3 is 0 Å². The summed E-state index contributed by atoms with van der Waals surface area (Å²) in [5.74, 6) is 0.285. The van der Waals surface area contributed by atoms with Gasteiger partial charge in [-0.25, -0.2) is 13.1 Å². The standard InChI is InChI=1S/C11H18N2O4S/c1-8(7-14)6-13-18(15,16)9-3-4-11(17-2)10(12)5-9/h3-5,8,13-14H,6-7,12H2,1-2H3. The summed E-state index contributed by atoms with van der Waals surface area (Å²) in [6, 6.07) is 4.26. The maximum Gasteiger partial charge on any atom is 0.240 e. The molecule has 6 nitrogen and oxygen atoms in total. The minimum atomic E-state index is -3.61. The summed E-state index contributed by atoms with van der Waals surface area (Å²) < 4.78 is 31.2. The van der Waals surface area contributed by atoms with Crippen molar-refractivity contribution in [2.24, 2.45) is 5.92 Å². The third-order valence-electron chi connectivity index (χ3n) is 2.44. The van der Waals surface area contributed by atoms with Gasteiger partial charge in [-0.3, -0.25) is 0 Å². The second-order valence-electron chi connectivity index (χ2n) is 4.04. The van der Waals surface area contributed by atoms with Crippen LogP contribution in [0.15, 0.2) is 23.1 Å². The van der Waals surface area contributed by atoms with Crippen LogP contribution in [0.4, 0.5) is 5.69 Å². The van der Waals surface area contributed by atoms with Gasteiger partial charge in [0.25, 0.3) is 0 Å². The van der Waals surface area contributed by atoms with E-state index < -0.39 is 10.0 Å². The lowest BCUT2D eigenvalue weighted by atomic mass is 10.2. The van der Waals surface area contributed by atoms with E-state index in [4.69, 9.17) is 15.6 Å². The molecule has 1 rings (SSSR count). The third kappa shape index (κ3) is 3.59. The summed E-state index contributed by atoms with van der Waals surface area (Å²) in [7, 11) is -2.15. The summed E-state index contributed by atoms with van der Waals surface area (Å²) in [4.78, 5) is 0.0749. The van der Waals surface area contributed by atoms with Gasteiger partial charge in [0.2, 0.25) is 10.0 Å². The fourth-order valence-electron chi connectivity index (χ4n) is 1.28. The van der Waals surface area contributed by atoms with Gasteiger partial charge in [0.1, 0.15) is 5.75 Å². The highest BCUT2D eigenvalue weighted by molar-refractivity contribution is 7.89. The number of methoxy groups -OCH3 is 1. The largest absolute Gasteiger partial charge is 0.495 e. The van der Waals surface area contributed by atoms with Gasteiger partial charge in [0, 0.05) is 13.2 Å². The maximum atomic E-state index is 11.9. The molecule has 1 unspecified atom stereocenters. The number of hydrogen-bond donors (Lipinski definition) is 3. The summed E-state index contributed by atoms with van der Waals surface area (Å²) in [5.41, 5.74) is 5.91. The van der Waals surface area contributed by atoms with E-state index in [-0.39, 0.29) is 29.7 Å². The molecule has 0 aromatic heterocycles. The quantitative estimate of drug-likeness (QED) is 0.642. The fourth-order valence-corrected chi connectivity index (χ4v) is 2.48. The molecule has 0 fully saturated rings. The molecule has 0 spiro atoms. The van der Waals surface area contributed by atoms with E-state index in [0.29, 0.717) is 5.75 Å². The number of nitrogens with one attached hydrogen (secondary N) is 1. The van der Waals surface area contributed by atoms with Crippen LogP contribution in [0.3, 0.4) is 0 Å². The number of nitrogens with two attached hydrogens (primary N) is 1. The predicted molar refractivity (Wildman–Crippen MR) is 68.8 cm³/mol. The van der Waals surface area contributed by atoms with Crippen LogP contribution in [-0.4, -0.2) is 33.8 Å². The fraction of sp³-hybridized carbons (Fsp3) is 0.455. The molecular formula is C11H18N2O4S. The van der Waals surface area contributed by atoms with E-state index >= 15 is 0 Å². The Bertz CT molecular complexity index is 502. The Morgan fingerprint density at radius 2 is 2.17 bits per heavy atom. The van der Waals surface area contributed by atoms with E-state index in [2.05, 4.69) is 4.72 Å². The molecular weight excluding hydrogens is 256 g/mol. The number of anilines is 1. The van der Waals surface area contributed by atoms with E-state index in [1.165, 1.54) is 25.3 Å². The molecule has 0 aliphatic heterocycles. The number of ether oxygens (including phenoxy) is 1. The van der Waals surface area contributed by atoms with Crippen molar-refractivity contribution in [1.82, 2.24) is 4.72 Å². The van der Waals surface area contributed by atoms with E-state index in [0.717, 1.165) is 0 Å². The van der Waals surface area contributed by atoms with E-state index in [1.54, 1.807) is 6.92 Å². The minimum absolute atomic E-state index is 0.0749. The van der Waals surface area contributed by atoms with Crippen LogP contribution < -0.4 is 15.2 Å². The number of benzene rings is 1. The second kappa shape index (κ2) is 6.03. The molecule has 18 heavy (non-hydrogen) atoms. The Morgan fingerprint density at radius 1 is 1.50 bits per heavy atom. The summed E-state index contributed by atoms with van der Waals surface area (Å²) >= 11 is 0. The van der Waals surface area contributed by atoms with Gasteiger partial charge in [-0.15, -0.1) is 0 Å². The SMILES string of the molecule is COc1ccc(S(=O)(=O)NCC(C)CO)cc1N. The first kappa shape index (κ1) is 14.7. The van der Waals surface area contributed by atoms with Crippen molar-refractivity contribution in [3.05, 3.63) is 18.2 Å². The summed E-state index contributed by atoms with van der Waals surface area (Å²) in [5, 5.41) is 8.84. The normalized spacial score (nSPS) is 13.3.